The molecule has 1 fully saturated rings. The molecule has 0 atom stereocenters. The maximum absolute atomic E-state index is 12.4. The quantitative estimate of drug-likeness (QED) is 0.513. The Hall–Kier alpha value is -2.46. The fourth-order valence-corrected chi connectivity index (χ4v) is 4.08. The molecule has 1 heterocycles. The summed E-state index contributed by atoms with van der Waals surface area (Å²) in [5, 5.41) is 0. The maximum atomic E-state index is 12.4. The fraction of sp³-hybridized carbons (Fsp3) is 0.471. The SMILES string of the molecule is CCOC(=O)CCC(=O)NNC(=O)c1ccc(S(=O)(=O)N2CCCC2)cc1. The third-order valence-electron chi connectivity index (χ3n) is 4.00. The van der Waals surface area contributed by atoms with Gasteiger partial charge < -0.3 is 4.74 Å². The van der Waals surface area contributed by atoms with E-state index in [0.717, 1.165) is 12.8 Å². The predicted octanol–water partition coefficient (Wildman–Crippen LogP) is 0.575. The summed E-state index contributed by atoms with van der Waals surface area (Å²) in [7, 11) is -3.54. The first-order chi connectivity index (χ1) is 12.8. The van der Waals surface area contributed by atoms with Crippen LogP contribution >= 0.6 is 0 Å². The molecular formula is C17H23N3O6S. The van der Waals surface area contributed by atoms with Crippen molar-refractivity contribution in [3.63, 3.8) is 0 Å². The summed E-state index contributed by atoms with van der Waals surface area (Å²) in [6, 6.07) is 5.49. The molecule has 2 N–H and O–H groups in total. The number of amides is 2. The zero-order valence-electron chi connectivity index (χ0n) is 15.1. The molecule has 0 unspecified atom stereocenters. The smallest absolute Gasteiger partial charge is 0.306 e. The van der Waals surface area contributed by atoms with Crippen LogP contribution in [0.4, 0.5) is 0 Å². The molecule has 0 bridgehead atoms. The van der Waals surface area contributed by atoms with E-state index in [1.54, 1.807) is 6.92 Å². The lowest BCUT2D eigenvalue weighted by atomic mass is 10.2. The van der Waals surface area contributed by atoms with Gasteiger partial charge in [0, 0.05) is 25.1 Å². The van der Waals surface area contributed by atoms with E-state index in [0.29, 0.717) is 13.1 Å². The van der Waals surface area contributed by atoms with Gasteiger partial charge in [-0.25, -0.2) is 8.42 Å². The minimum Gasteiger partial charge on any atom is -0.466 e. The number of nitrogens with one attached hydrogen (secondary N) is 2. The van der Waals surface area contributed by atoms with Crippen LogP contribution in [0.25, 0.3) is 0 Å². The Kier molecular flexibility index (Phi) is 7.31. The molecule has 1 aliphatic rings. The molecule has 0 saturated carbocycles. The molecule has 2 rings (SSSR count). The zero-order valence-corrected chi connectivity index (χ0v) is 15.9. The van der Waals surface area contributed by atoms with Gasteiger partial charge in [-0.3, -0.25) is 25.2 Å². The van der Waals surface area contributed by atoms with Crippen molar-refractivity contribution in [1.29, 1.82) is 0 Å². The van der Waals surface area contributed by atoms with Gasteiger partial charge >= 0.3 is 5.97 Å². The molecule has 2 amide bonds. The Balaban J connectivity index is 1.86. The molecule has 0 aromatic heterocycles. The van der Waals surface area contributed by atoms with E-state index >= 15 is 0 Å². The lowest BCUT2D eigenvalue weighted by Gasteiger charge is -2.15. The number of ether oxygens (including phenoxy) is 1. The van der Waals surface area contributed by atoms with E-state index in [1.165, 1.54) is 28.6 Å². The average molecular weight is 397 g/mol. The lowest BCUT2D eigenvalue weighted by molar-refractivity contribution is -0.144. The van der Waals surface area contributed by atoms with Crippen LogP contribution in [0.1, 0.15) is 43.0 Å². The zero-order chi connectivity index (χ0) is 19.9. The van der Waals surface area contributed by atoms with E-state index in [4.69, 9.17) is 4.74 Å². The number of esters is 1. The number of benzene rings is 1. The van der Waals surface area contributed by atoms with Gasteiger partial charge in [0.1, 0.15) is 0 Å². The second-order valence-corrected chi connectivity index (χ2v) is 7.88. The monoisotopic (exact) mass is 397 g/mol. The van der Waals surface area contributed by atoms with Crippen molar-refractivity contribution < 1.29 is 27.5 Å². The van der Waals surface area contributed by atoms with E-state index in [1.807, 2.05) is 0 Å². The van der Waals surface area contributed by atoms with Gasteiger partial charge in [-0.15, -0.1) is 0 Å². The van der Waals surface area contributed by atoms with E-state index < -0.39 is 27.8 Å². The molecule has 1 saturated heterocycles. The van der Waals surface area contributed by atoms with Crippen LogP contribution in [0.3, 0.4) is 0 Å². The van der Waals surface area contributed by atoms with Gasteiger partial charge in [0.05, 0.1) is 17.9 Å². The van der Waals surface area contributed by atoms with Crippen LogP contribution in [0.15, 0.2) is 29.2 Å². The third kappa shape index (κ3) is 5.76. The van der Waals surface area contributed by atoms with Crippen LogP contribution in [0.5, 0.6) is 0 Å². The average Bonchev–Trinajstić information content (AvgIpc) is 3.20. The molecule has 1 aromatic rings. The minimum atomic E-state index is -3.54. The number of hydrogen-bond donors (Lipinski definition) is 2. The van der Waals surface area contributed by atoms with Crippen LogP contribution < -0.4 is 10.9 Å². The molecular weight excluding hydrogens is 374 g/mol. The number of carbonyl (C=O) groups is 3. The highest BCUT2D eigenvalue weighted by molar-refractivity contribution is 7.89. The largest absolute Gasteiger partial charge is 0.466 e. The lowest BCUT2D eigenvalue weighted by Crippen LogP contribution is -2.41. The van der Waals surface area contributed by atoms with E-state index in [9.17, 15) is 22.8 Å². The molecule has 0 aliphatic carbocycles. The van der Waals surface area contributed by atoms with Crippen molar-refractivity contribution in [2.45, 2.75) is 37.5 Å². The van der Waals surface area contributed by atoms with Gasteiger partial charge in [0.25, 0.3) is 5.91 Å². The molecule has 1 aliphatic heterocycles. The van der Waals surface area contributed by atoms with Crippen molar-refractivity contribution in [2.24, 2.45) is 0 Å². The first-order valence-electron chi connectivity index (χ1n) is 8.69. The van der Waals surface area contributed by atoms with Crippen LogP contribution in [-0.2, 0) is 24.3 Å². The summed E-state index contributed by atoms with van der Waals surface area (Å²) < 4.78 is 31.0. The summed E-state index contributed by atoms with van der Waals surface area (Å²) in [5.74, 6) is -1.62. The molecule has 148 valence electrons. The van der Waals surface area contributed by atoms with Gasteiger partial charge in [-0.2, -0.15) is 4.31 Å². The summed E-state index contributed by atoms with van der Waals surface area (Å²) in [6.45, 7) is 2.91. The topological polar surface area (TPSA) is 122 Å². The molecule has 9 nitrogen and oxygen atoms in total. The standard InChI is InChI=1S/C17H23N3O6S/c1-2-26-16(22)10-9-15(21)18-19-17(23)13-5-7-14(8-6-13)27(24,25)20-11-3-4-12-20/h5-8H,2-4,9-12H2,1H3,(H,18,21)(H,19,23). The number of carbonyl (C=O) groups excluding carboxylic acids is 3. The number of rotatable bonds is 7. The van der Waals surface area contributed by atoms with Crippen molar-refractivity contribution in [1.82, 2.24) is 15.2 Å². The molecule has 0 radical (unpaired) electrons. The van der Waals surface area contributed by atoms with Gasteiger partial charge in [0.2, 0.25) is 15.9 Å². The Morgan fingerprint density at radius 1 is 1.04 bits per heavy atom. The molecule has 27 heavy (non-hydrogen) atoms. The summed E-state index contributed by atoms with van der Waals surface area (Å²) >= 11 is 0. The highest BCUT2D eigenvalue weighted by atomic mass is 32.2. The summed E-state index contributed by atoms with van der Waals surface area (Å²) in [4.78, 5) is 34.9. The number of hydrazine groups is 1. The van der Waals surface area contributed by atoms with Crippen LogP contribution in [-0.4, -0.2) is 50.2 Å². The highest BCUT2D eigenvalue weighted by Gasteiger charge is 2.27. The van der Waals surface area contributed by atoms with Crippen molar-refractivity contribution >= 4 is 27.8 Å². The highest BCUT2D eigenvalue weighted by Crippen LogP contribution is 2.21. The molecule has 10 heteroatoms. The maximum Gasteiger partial charge on any atom is 0.306 e. The Bertz CT molecular complexity index is 785. The molecule has 1 aromatic carbocycles. The Morgan fingerprint density at radius 3 is 2.26 bits per heavy atom. The fourth-order valence-electron chi connectivity index (χ4n) is 2.57. The van der Waals surface area contributed by atoms with Gasteiger partial charge in [-0.05, 0) is 44.0 Å². The van der Waals surface area contributed by atoms with Crippen molar-refractivity contribution in [3.05, 3.63) is 29.8 Å². The number of sulfonamides is 1. The van der Waals surface area contributed by atoms with Gasteiger partial charge in [-0.1, -0.05) is 0 Å². The van der Waals surface area contributed by atoms with E-state index in [2.05, 4.69) is 10.9 Å². The summed E-state index contributed by atoms with van der Waals surface area (Å²) in [5.41, 5.74) is 4.61. The Labute approximate surface area is 158 Å². The first kappa shape index (κ1) is 20.8. The van der Waals surface area contributed by atoms with Crippen LogP contribution in [0, 0.1) is 0 Å². The van der Waals surface area contributed by atoms with Gasteiger partial charge in [0.15, 0.2) is 0 Å². The van der Waals surface area contributed by atoms with E-state index in [-0.39, 0.29) is 29.9 Å². The second kappa shape index (κ2) is 9.47. The summed E-state index contributed by atoms with van der Waals surface area (Å²) in [6.07, 6.45) is 1.48. The normalized spacial score (nSPS) is 14.6. The van der Waals surface area contributed by atoms with Crippen molar-refractivity contribution in [2.75, 3.05) is 19.7 Å². The third-order valence-corrected chi connectivity index (χ3v) is 5.91. The second-order valence-electron chi connectivity index (χ2n) is 5.94. The van der Waals surface area contributed by atoms with Crippen LogP contribution in [0.2, 0.25) is 0 Å². The number of hydrogen-bond acceptors (Lipinski definition) is 6. The first-order valence-corrected chi connectivity index (χ1v) is 10.1. The molecule has 0 spiro atoms. The predicted molar refractivity (Wildman–Crippen MR) is 95.9 cm³/mol. The van der Waals surface area contributed by atoms with Crippen molar-refractivity contribution in [3.8, 4) is 0 Å². The minimum absolute atomic E-state index is 0.0847. The number of nitrogens with zero attached hydrogens (tertiary/aromatic N) is 1. The Morgan fingerprint density at radius 2 is 1.67 bits per heavy atom.